The Hall–Kier alpha value is -4.15. The number of fused-ring (bicyclic) bond motifs is 3. The average Bonchev–Trinajstić information content (AvgIpc) is 2.92. The number of ether oxygens (including phenoxy) is 2. The molecule has 0 bridgehead atoms. The monoisotopic (exact) mass is 577 g/mol. The zero-order valence-corrected chi connectivity index (χ0v) is 23.6. The van der Waals surface area contributed by atoms with Gasteiger partial charge in [0.05, 0.1) is 17.9 Å². The third-order valence-corrected chi connectivity index (χ3v) is 7.52. The van der Waals surface area contributed by atoms with Crippen molar-refractivity contribution in [2.75, 3.05) is 11.5 Å². The van der Waals surface area contributed by atoms with Gasteiger partial charge in [-0.05, 0) is 53.6 Å². The molecule has 5 rings (SSSR count). The summed E-state index contributed by atoms with van der Waals surface area (Å²) in [6, 6.07) is 19.7. The quantitative estimate of drug-likeness (QED) is 0.144. The summed E-state index contributed by atoms with van der Waals surface area (Å²) in [6.07, 6.45) is -0.824. The number of halogens is 1. The highest BCUT2D eigenvalue weighted by atomic mass is 35.5. The Kier molecular flexibility index (Phi) is 7.90. The number of benzene rings is 3. The van der Waals surface area contributed by atoms with E-state index in [2.05, 4.69) is 4.98 Å². The first kappa shape index (κ1) is 27.4. The predicted molar refractivity (Wildman–Crippen MR) is 152 cm³/mol. The van der Waals surface area contributed by atoms with Crippen LogP contribution in [0.4, 0.5) is 5.69 Å². The molecule has 1 N–H and O–H groups in total. The molecule has 0 aliphatic carbocycles. The van der Waals surface area contributed by atoms with Gasteiger partial charge in [-0.15, -0.1) is 0 Å². The van der Waals surface area contributed by atoms with Gasteiger partial charge in [-0.2, -0.15) is 0 Å². The lowest BCUT2D eigenvalue weighted by Gasteiger charge is -2.31. The number of amides is 1. The molecular formula is C29H26ClN4O5S+. The van der Waals surface area contributed by atoms with Crippen molar-refractivity contribution in [1.82, 2.24) is 10.1 Å². The molecule has 3 aromatic carbocycles. The highest BCUT2D eigenvalue weighted by molar-refractivity contribution is 7.98. The van der Waals surface area contributed by atoms with E-state index in [0.29, 0.717) is 50.8 Å². The number of esters is 1. The van der Waals surface area contributed by atoms with Crippen molar-refractivity contribution in [3.8, 4) is 22.8 Å². The number of aromatic nitrogens is 3. The third kappa shape index (κ3) is 5.32. The number of aromatic amines is 1. The molecular weight excluding hydrogens is 552 g/mol. The summed E-state index contributed by atoms with van der Waals surface area (Å²) in [5, 5.41) is 5.80. The molecule has 204 valence electrons. The Labute approximate surface area is 239 Å². The minimum Gasteiger partial charge on any atom is -0.490 e. The Morgan fingerprint density at radius 1 is 1.07 bits per heavy atom. The molecule has 0 saturated carbocycles. The van der Waals surface area contributed by atoms with Gasteiger partial charge >= 0.3 is 17.2 Å². The molecule has 0 radical (unpaired) electrons. The maximum Gasteiger partial charge on any atom is 0.325 e. The van der Waals surface area contributed by atoms with E-state index in [9.17, 15) is 14.4 Å². The molecule has 0 spiro atoms. The molecule has 2 heterocycles. The van der Waals surface area contributed by atoms with Crippen LogP contribution >= 0.6 is 23.4 Å². The molecule has 11 heteroatoms. The fraction of sp³-hybridized carbons (Fsp3) is 0.207. The fourth-order valence-corrected chi connectivity index (χ4v) is 5.77. The zero-order chi connectivity index (χ0) is 28.4. The first-order valence-corrected chi connectivity index (χ1v) is 13.9. The van der Waals surface area contributed by atoms with Gasteiger partial charge in [0.25, 0.3) is 6.17 Å². The van der Waals surface area contributed by atoms with Crippen molar-refractivity contribution in [3.05, 3.63) is 93.2 Å². The summed E-state index contributed by atoms with van der Waals surface area (Å²) in [7, 11) is 0. The summed E-state index contributed by atoms with van der Waals surface area (Å²) in [5.41, 5.74) is 2.61. The Morgan fingerprint density at radius 2 is 1.82 bits per heavy atom. The number of carbonyl (C=O) groups excluding carboxylic acids is 2. The maximum absolute atomic E-state index is 13.6. The maximum atomic E-state index is 13.6. The zero-order valence-electron chi connectivity index (χ0n) is 22.0. The van der Waals surface area contributed by atoms with Crippen molar-refractivity contribution < 1.29 is 23.7 Å². The number of para-hydroxylation sites is 1. The Bertz CT molecular complexity index is 1670. The molecule has 1 amide bonds. The first-order chi connectivity index (χ1) is 19.3. The van der Waals surface area contributed by atoms with Crippen molar-refractivity contribution >= 4 is 40.9 Å². The van der Waals surface area contributed by atoms with Crippen LogP contribution in [0.5, 0.6) is 11.5 Å². The number of H-pyrrole nitrogens is 1. The van der Waals surface area contributed by atoms with Crippen LogP contribution in [0, 0.1) is 0 Å². The smallest absolute Gasteiger partial charge is 0.325 e. The Balaban J connectivity index is 1.68. The second-order valence-electron chi connectivity index (χ2n) is 8.95. The lowest BCUT2D eigenvalue weighted by molar-refractivity contribution is -0.763. The topological polar surface area (TPSA) is 105 Å². The highest BCUT2D eigenvalue weighted by Crippen LogP contribution is 2.39. The van der Waals surface area contributed by atoms with Crippen LogP contribution in [-0.4, -0.2) is 28.6 Å². The minimum absolute atomic E-state index is 0.245. The number of rotatable bonds is 7. The van der Waals surface area contributed by atoms with Gasteiger partial charge < -0.3 is 9.47 Å². The summed E-state index contributed by atoms with van der Waals surface area (Å²) >= 11 is 7.66. The number of nitrogens with zero attached hydrogens (tertiary/aromatic N) is 3. The molecule has 1 atom stereocenters. The van der Waals surface area contributed by atoms with E-state index < -0.39 is 12.1 Å². The third-order valence-electron chi connectivity index (χ3n) is 6.24. The number of thioether (sulfide) groups is 1. The van der Waals surface area contributed by atoms with E-state index >= 15 is 0 Å². The molecule has 40 heavy (non-hydrogen) atoms. The normalized spacial score (nSPS) is 13.8. The van der Waals surface area contributed by atoms with Gasteiger partial charge in [-0.25, -0.2) is 4.90 Å². The van der Waals surface area contributed by atoms with Crippen LogP contribution in [0.3, 0.4) is 0 Å². The van der Waals surface area contributed by atoms with Gasteiger partial charge in [0.1, 0.15) is 0 Å². The van der Waals surface area contributed by atoms with Crippen molar-refractivity contribution in [1.29, 1.82) is 0 Å². The van der Waals surface area contributed by atoms with Gasteiger partial charge in [-0.3, -0.25) is 19.4 Å². The van der Waals surface area contributed by atoms with E-state index in [1.807, 2.05) is 43.3 Å². The number of carbonyl (C=O) groups is 2. The van der Waals surface area contributed by atoms with Crippen LogP contribution in [0.1, 0.15) is 38.1 Å². The fourth-order valence-electron chi connectivity index (χ4n) is 4.63. The summed E-state index contributed by atoms with van der Waals surface area (Å²) in [4.78, 5) is 42.9. The number of hydrogen-bond donors (Lipinski definition) is 1. The van der Waals surface area contributed by atoms with Crippen molar-refractivity contribution in [2.45, 2.75) is 37.8 Å². The predicted octanol–water partition coefficient (Wildman–Crippen LogP) is 4.91. The van der Waals surface area contributed by atoms with Crippen LogP contribution in [0.25, 0.3) is 11.3 Å². The van der Waals surface area contributed by atoms with Gasteiger partial charge in [0, 0.05) is 35.3 Å². The number of hydrogen-bond acceptors (Lipinski definition) is 7. The van der Waals surface area contributed by atoms with E-state index in [1.165, 1.54) is 25.6 Å². The first-order valence-electron chi connectivity index (χ1n) is 12.5. The lowest BCUT2D eigenvalue weighted by atomic mass is 10.0. The second kappa shape index (κ2) is 11.5. The summed E-state index contributed by atoms with van der Waals surface area (Å²) in [6.45, 7) is 4.91. The molecule has 0 saturated heterocycles. The lowest BCUT2D eigenvalue weighted by Crippen LogP contribution is -2.60. The minimum atomic E-state index is -0.824. The summed E-state index contributed by atoms with van der Waals surface area (Å²) in [5.74, 6) is 0.330. The van der Waals surface area contributed by atoms with E-state index in [-0.39, 0.29) is 17.2 Å². The summed E-state index contributed by atoms with van der Waals surface area (Å²) < 4.78 is 12.7. The second-order valence-corrected chi connectivity index (χ2v) is 10.3. The Morgan fingerprint density at radius 3 is 2.55 bits per heavy atom. The van der Waals surface area contributed by atoms with E-state index in [0.717, 1.165) is 5.56 Å². The molecule has 4 aromatic rings. The van der Waals surface area contributed by atoms with Crippen molar-refractivity contribution in [2.24, 2.45) is 0 Å². The van der Waals surface area contributed by atoms with E-state index in [1.54, 1.807) is 39.9 Å². The van der Waals surface area contributed by atoms with Crippen LogP contribution in [0.2, 0.25) is 5.02 Å². The van der Waals surface area contributed by atoms with E-state index in [4.69, 9.17) is 26.2 Å². The standard InChI is InChI=1S/C29H25ClN4O5S/c1-4-38-25-15-19(13-14-24(25)39-18(3)36)28-33(17(2)35)23-12-8-6-10-21(23)26-27(37)31-29(32-34(26)28)40-16-20-9-5-7-11-22(20)30/h5-15,28H,4,16H2,1-3H3/p+1/t28-/m1/s1. The largest absolute Gasteiger partial charge is 0.490 e. The van der Waals surface area contributed by atoms with Crippen LogP contribution in [-0.2, 0) is 15.3 Å². The molecule has 1 aromatic heterocycles. The van der Waals surface area contributed by atoms with Gasteiger partial charge in [0.15, 0.2) is 11.5 Å². The average molecular weight is 578 g/mol. The molecule has 1 aliphatic heterocycles. The number of anilines is 1. The molecule has 1 aliphatic rings. The van der Waals surface area contributed by atoms with Crippen LogP contribution < -0.4 is 24.6 Å². The van der Waals surface area contributed by atoms with Gasteiger partial charge in [0.2, 0.25) is 11.1 Å². The van der Waals surface area contributed by atoms with Crippen molar-refractivity contribution in [3.63, 3.8) is 0 Å². The molecule has 0 unspecified atom stereocenters. The SMILES string of the molecule is CCOc1cc([C@@H]2N(C(C)=O)c3ccccc3-c3c(=O)[nH]c(SCc4ccccc4Cl)n[n+]32)ccc1OC(C)=O. The molecule has 0 fully saturated rings. The van der Waals surface area contributed by atoms with Crippen LogP contribution in [0.15, 0.2) is 76.7 Å². The molecule has 9 nitrogen and oxygen atoms in total. The highest BCUT2D eigenvalue weighted by Gasteiger charge is 2.45. The van der Waals surface area contributed by atoms with Gasteiger partial charge in [-0.1, -0.05) is 53.7 Å². The number of nitrogens with one attached hydrogen (secondary N) is 1.